The van der Waals surface area contributed by atoms with Gasteiger partial charge < -0.3 is 4.40 Å². The second kappa shape index (κ2) is 3.88. The third-order valence-corrected chi connectivity index (χ3v) is 3.20. The first-order valence-corrected chi connectivity index (χ1v) is 6.05. The van der Waals surface area contributed by atoms with Gasteiger partial charge in [-0.15, -0.1) is 0 Å². The molecule has 0 aliphatic carbocycles. The Hall–Kier alpha value is -2.75. The number of fused-ring (bicyclic) bond motifs is 3. The fourth-order valence-corrected chi connectivity index (χ4v) is 2.36. The zero-order valence-electron chi connectivity index (χ0n) is 10.1. The Morgan fingerprint density at radius 2 is 1.58 bits per heavy atom. The molecule has 4 nitrogen and oxygen atoms in total. The zero-order chi connectivity index (χ0) is 12.7. The Bertz CT molecular complexity index is 865. The van der Waals surface area contributed by atoms with Crippen LogP contribution in [0.5, 0.6) is 0 Å². The summed E-state index contributed by atoms with van der Waals surface area (Å²) >= 11 is 0. The molecule has 90 valence electrons. The molecule has 0 radical (unpaired) electrons. The molecule has 0 aliphatic heterocycles. The molecule has 1 aromatic carbocycles. The average Bonchev–Trinajstić information content (AvgIpc) is 2.96. The maximum atomic E-state index is 4.40. The topological polar surface area (TPSA) is 43.1 Å². The van der Waals surface area contributed by atoms with Crippen LogP contribution in [0.2, 0.25) is 0 Å². The standard InChI is InChI=1S/C15H10N4/c1-2-5-12-11(4-1)13(14-16-6-3-7-17-14)10-19-9-8-18-15(12)19/h1-10H. The van der Waals surface area contributed by atoms with Crippen molar-refractivity contribution in [1.82, 2.24) is 19.4 Å². The van der Waals surface area contributed by atoms with Crippen molar-refractivity contribution in [3.05, 3.63) is 61.3 Å². The summed E-state index contributed by atoms with van der Waals surface area (Å²) in [6, 6.07) is 10.0. The van der Waals surface area contributed by atoms with E-state index in [-0.39, 0.29) is 0 Å². The third kappa shape index (κ3) is 1.50. The highest BCUT2D eigenvalue weighted by molar-refractivity contribution is 6.02. The molecule has 4 heteroatoms. The number of imidazole rings is 1. The lowest BCUT2D eigenvalue weighted by atomic mass is 10.1. The number of hydrogen-bond donors (Lipinski definition) is 0. The molecular formula is C15H10N4. The van der Waals surface area contributed by atoms with Crippen molar-refractivity contribution in [2.45, 2.75) is 0 Å². The van der Waals surface area contributed by atoms with E-state index in [0.29, 0.717) is 0 Å². The van der Waals surface area contributed by atoms with Gasteiger partial charge in [0, 0.05) is 41.9 Å². The predicted octanol–water partition coefficient (Wildman–Crippen LogP) is 2.94. The van der Waals surface area contributed by atoms with Gasteiger partial charge in [0.1, 0.15) is 5.65 Å². The van der Waals surface area contributed by atoms with Crippen molar-refractivity contribution >= 4 is 16.4 Å². The predicted molar refractivity (Wildman–Crippen MR) is 73.7 cm³/mol. The van der Waals surface area contributed by atoms with Crippen LogP contribution in [-0.4, -0.2) is 19.4 Å². The summed E-state index contributed by atoms with van der Waals surface area (Å²) in [5, 5.41) is 2.23. The van der Waals surface area contributed by atoms with Gasteiger partial charge in [0.25, 0.3) is 0 Å². The molecule has 4 rings (SSSR count). The van der Waals surface area contributed by atoms with E-state index in [1.165, 1.54) is 0 Å². The minimum atomic E-state index is 0.731. The van der Waals surface area contributed by atoms with Gasteiger partial charge >= 0.3 is 0 Å². The van der Waals surface area contributed by atoms with Gasteiger partial charge in [-0.1, -0.05) is 24.3 Å². The van der Waals surface area contributed by atoms with Crippen LogP contribution >= 0.6 is 0 Å². The molecule has 0 amide bonds. The van der Waals surface area contributed by atoms with E-state index < -0.39 is 0 Å². The maximum Gasteiger partial charge on any atom is 0.161 e. The highest BCUT2D eigenvalue weighted by Crippen LogP contribution is 2.28. The second-order valence-electron chi connectivity index (χ2n) is 4.32. The van der Waals surface area contributed by atoms with Crippen LogP contribution in [0.25, 0.3) is 27.8 Å². The molecule has 3 aromatic heterocycles. The van der Waals surface area contributed by atoms with E-state index in [1.54, 1.807) is 18.6 Å². The van der Waals surface area contributed by atoms with Gasteiger partial charge in [-0.25, -0.2) is 15.0 Å². The lowest BCUT2D eigenvalue weighted by Gasteiger charge is -2.07. The first kappa shape index (κ1) is 10.2. The van der Waals surface area contributed by atoms with Gasteiger partial charge in [0.05, 0.1) is 0 Å². The average molecular weight is 246 g/mol. The molecule has 0 N–H and O–H groups in total. The Labute approximate surface area is 109 Å². The molecule has 4 aromatic rings. The lowest BCUT2D eigenvalue weighted by Crippen LogP contribution is -1.93. The van der Waals surface area contributed by atoms with Crippen molar-refractivity contribution in [1.29, 1.82) is 0 Å². The summed E-state index contributed by atoms with van der Waals surface area (Å²) in [4.78, 5) is 13.1. The van der Waals surface area contributed by atoms with E-state index in [4.69, 9.17) is 0 Å². The molecule has 0 aliphatic rings. The van der Waals surface area contributed by atoms with Crippen LogP contribution in [0, 0.1) is 0 Å². The highest BCUT2D eigenvalue weighted by Gasteiger charge is 2.10. The third-order valence-electron chi connectivity index (χ3n) is 3.20. The Balaban J connectivity index is 2.19. The Kier molecular flexibility index (Phi) is 2.08. The summed E-state index contributed by atoms with van der Waals surface area (Å²) in [5.41, 5.74) is 1.97. The molecule has 3 heterocycles. The number of hydrogen-bond acceptors (Lipinski definition) is 3. The molecule has 0 bridgehead atoms. The lowest BCUT2D eigenvalue weighted by molar-refractivity contribution is 1.15. The summed E-state index contributed by atoms with van der Waals surface area (Å²) in [6.45, 7) is 0. The van der Waals surface area contributed by atoms with E-state index in [9.17, 15) is 0 Å². The van der Waals surface area contributed by atoms with Crippen LogP contribution in [0.3, 0.4) is 0 Å². The minimum absolute atomic E-state index is 0.731. The Morgan fingerprint density at radius 3 is 2.42 bits per heavy atom. The second-order valence-corrected chi connectivity index (χ2v) is 4.32. The molecule has 0 fully saturated rings. The smallest absolute Gasteiger partial charge is 0.161 e. The van der Waals surface area contributed by atoms with Crippen LogP contribution in [0.4, 0.5) is 0 Å². The van der Waals surface area contributed by atoms with E-state index in [2.05, 4.69) is 27.1 Å². The SMILES string of the molecule is c1cnc(-c2cn3ccnc3c3ccccc23)nc1. The molecule has 0 saturated heterocycles. The first-order valence-electron chi connectivity index (χ1n) is 6.05. The number of nitrogens with zero attached hydrogens (tertiary/aromatic N) is 4. The van der Waals surface area contributed by atoms with E-state index >= 15 is 0 Å². The normalized spacial score (nSPS) is 11.2. The van der Waals surface area contributed by atoms with Gasteiger partial charge in [-0.05, 0) is 11.5 Å². The van der Waals surface area contributed by atoms with Crippen LogP contribution < -0.4 is 0 Å². The molecule has 0 spiro atoms. The van der Waals surface area contributed by atoms with Crippen LogP contribution in [-0.2, 0) is 0 Å². The number of rotatable bonds is 1. The van der Waals surface area contributed by atoms with Gasteiger partial charge in [-0.2, -0.15) is 0 Å². The monoisotopic (exact) mass is 246 g/mol. The van der Waals surface area contributed by atoms with Gasteiger partial charge in [0.15, 0.2) is 5.82 Å². The van der Waals surface area contributed by atoms with Crippen molar-refractivity contribution in [3.8, 4) is 11.4 Å². The Morgan fingerprint density at radius 1 is 0.789 bits per heavy atom. The van der Waals surface area contributed by atoms with Crippen LogP contribution in [0.1, 0.15) is 0 Å². The van der Waals surface area contributed by atoms with Gasteiger partial charge in [-0.3, -0.25) is 0 Å². The highest BCUT2D eigenvalue weighted by atomic mass is 15.0. The summed E-state index contributed by atoms with van der Waals surface area (Å²) < 4.78 is 2.01. The van der Waals surface area contributed by atoms with E-state index in [0.717, 1.165) is 27.8 Å². The number of aromatic nitrogens is 4. The van der Waals surface area contributed by atoms with Crippen LogP contribution in [0.15, 0.2) is 61.3 Å². The first-order chi connectivity index (χ1) is 9.43. The fourth-order valence-electron chi connectivity index (χ4n) is 2.36. The maximum absolute atomic E-state index is 4.40. The van der Waals surface area contributed by atoms with E-state index in [1.807, 2.05) is 35.0 Å². The van der Waals surface area contributed by atoms with Crippen molar-refractivity contribution < 1.29 is 0 Å². The van der Waals surface area contributed by atoms with Crippen molar-refractivity contribution in [2.24, 2.45) is 0 Å². The zero-order valence-corrected chi connectivity index (χ0v) is 10.1. The number of pyridine rings is 1. The summed E-state index contributed by atoms with van der Waals surface area (Å²) in [5.74, 6) is 0.731. The molecule has 19 heavy (non-hydrogen) atoms. The number of benzene rings is 1. The summed E-state index contributed by atoms with van der Waals surface area (Å²) in [7, 11) is 0. The molecule has 0 atom stereocenters. The summed E-state index contributed by atoms with van der Waals surface area (Å²) in [6.07, 6.45) is 9.29. The molecule has 0 unspecified atom stereocenters. The van der Waals surface area contributed by atoms with Crippen molar-refractivity contribution in [2.75, 3.05) is 0 Å². The largest absolute Gasteiger partial charge is 0.306 e. The quantitative estimate of drug-likeness (QED) is 0.518. The van der Waals surface area contributed by atoms with Gasteiger partial charge in [0.2, 0.25) is 0 Å². The molecular weight excluding hydrogens is 236 g/mol. The fraction of sp³-hybridized carbons (Fsp3) is 0. The minimum Gasteiger partial charge on any atom is -0.306 e. The van der Waals surface area contributed by atoms with Crippen molar-refractivity contribution in [3.63, 3.8) is 0 Å². The molecule has 0 saturated carbocycles.